The van der Waals surface area contributed by atoms with Crippen LogP contribution in [0.15, 0.2) is 112 Å². The maximum Gasteiger partial charge on any atom is 0.264 e. The summed E-state index contributed by atoms with van der Waals surface area (Å²) in [4.78, 5) is 30.3. The average Bonchev–Trinajstić information content (AvgIpc) is 3.08. The Labute approximate surface area is 295 Å². The van der Waals surface area contributed by atoms with Crippen molar-refractivity contribution in [2.75, 3.05) is 10.8 Å². The van der Waals surface area contributed by atoms with Gasteiger partial charge in [0.05, 0.1) is 20.6 Å². The molecule has 1 atom stereocenters. The van der Waals surface area contributed by atoms with Crippen molar-refractivity contribution in [3.8, 4) is 0 Å². The van der Waals surface area contributed by atoms with Crippen molar-refractivity contribution < 1.29 is 18.0 Å². The van der Waals surface area contributed by atoms with Crippen molar-refractivity contribution >= 4 is 66.7 Å². The second-order valence-electron chi connectivity index (χ2n) is 11.6. The zero-order valence-electron chi connectivity index (χ0n) is 25.7. The van der Waals surface area contributed by atoms with Crippen LogP contribution in [0, 0.1) is 0 Å². The van der Waals surface area contributed by atoms with Gasteiger partial charge >= 0.3 is 0 Å². The minimum absolute atomic E-state index is 0.00381. The number of hydrogen-bond donors (Lipinski definition) is 1. The van der Waals surface area contributed by atoms with E-state index in [-0.39, 0.29) is 45.5 Å². The molecule has 0 aromatic heterocycles. The second kappa shape index (κ2) is 16.2. The van der Waals surface area contributed by atoms with Crippen LogP contribution in [0.3, 0.4) is 0 Å². The number of nitrogens with one attached hydrogen (secondary N) is 1. The van der Waals surface area contributed by atoms with E-state index >= 15 is 0 Å². The van der Waals surface area contributed by atoms with Gasteiger partial charge < -0.3 is 10.2 Å². The number of hydrogen-bond acceptors (Lipinski definition) is 4. The van der Waals surface area contributed by atoms with Gasteiger partial charge in [-0.25, -0.2) is 8.42 Å². The molecule has 0 radical (unpaired) electrons. The van der Waals surface area contributed by atoms with E-state index in [1.165, 1.54) is 23.1 Å². The maximum atomic E-state index is 14.7. The van der Waals surface area contributed by atoms with Crippen molar-refractivity contribution in [2.24, 2.45) is 0 Å². The van der Waals surface area contributed by atoms with E-state index in [4.69, 9.17) is 23.2 Å². The molecule has 0 spiro atoms. The van der Waals surface area contributed by atoms with E-state index in [0.717, 1.165) is 52.0 Å². The number of halogens is 3. The average molecular weight is 758 g/mol. The molecule has 246 valence electrons. The Hall–Kier alpha value is -3.37. The van der Waals surface area contributed by atoms with E-state index in [9.17, 15) is 18.0 Å². The fourth-order valence-corrected chi connectivity index (χ4v) is 8.19. The quantitative estimate of drug-likeness (QED) is 0.159. The van der Waals surface area contributed by atoms with Crippen LogP contribution in [-0.2, 0) is 32.6 Å². The Morgan fingerprint density at radius 3 is 2.15 bits per heavy atom. The predicted octanol–water partition coefficient (Wildman–Crippen LogP) is 8.04. The third-order valence-electron chi connectivity index (χ3n) is 8.27. The summed E-state index contributed by atoms with van der Waals surface area (Å²) in [7, 11) is -4.29. The van der Waals surface area contributed by atoms with Crippen molar-refractivity contribution in [1.82, 2.24) is 10.2 Å². The highest BCUT2D eigenvalue weighted by Crippen LogP contribution is 2.35. The lowest BCUT2D eigenvalue weighted by Gasteiger charge is -2.35. The van der Waals surface area contributed by atoms with Crippen LogP contribution in [0.2, 0.25) is 10.0 Å². The van der Waals surface area contributed by atoms with Crippen molar-refractivity contribution in [1.29, 1.82) is 0 Å². The molecule has 7 nitrogen and oxygen atoms in total. The van der Waals surface area contributed by atoms with Crippen LogP contribution >= 0.6 is 39.1 Å². The lowest BCUT2D eigenvalue weighted by atomic mass is 9.94. The van der Waals surface area contributed by atoms with E-state index in [2.05, 4.69) is 21.2 Å². The summed E-state index contributed by atoms with van der Waals surface area (Å²) in [6.45, 7) is -0.552. The zero-order chi connectivity index (χ0) is 33.4. The first-order chi connectivity index (χ1) is 22.6. The monoisotopic (exact) mass is 755 g/mol. The first-order valence-corrected chi connectivity index (χ1v) is 18.5. The molecule has 2 amide bonds. The zero-order valence-corrected chi connectivity index (χ0v) is 29.6. The molecule has 1 aliphatic rings. The summed E-state index contributed by atoms with van der Waals surface area (Å²) in [5.41, 5.74) is 1.70. The van der Waals surface area contributed by atoms with Crippen LogP contribution in [0.25, 0.3) is 0 Å². The van der Waals surface area contributed by atoms with Crippen molar-refractivity contribution in [3.63, 3.8) is 0 Å². The predicted molar refractivity (Wildman–Crippen MR) is 191 cm³/mol. The summed E-state index contributed by atoms with van der Waals surface area (Å²) in [6.07, 6.45) is 5.18. The number of rotatable bonds is 12. The molecule has 4 aromatic carbocycles. The number of carbonyl (C=O) groups excluding carboxylic acids is 2. The number of amides is 2. The first-order valence-electron chi connectivity index (χ1n) is 15.5. The van der Waals surface area contributed by atoms with Gasteiger partial charge in [-0.15, -0.1) is 0 Å². The van der Waals surface area contributed by atoms with Gasteiger partial charge in [0.1, 0.15) is 12.6 Å². The van der Waals surface area contributed by atoms with Gasteiger partial charge in [0.25, 0.3) is 10.0 Å². The summed E-state index contributed by atoms with van der Waals surface area (Å²) >= 11 is 16.4. The fraction of sp³-hybridized carbons (Fsp3) is 0.278. The number of sulfonamides is 1. The van der Waals surface area contributed by atoms with E-state index in [0.29, 0.717) is 0 Å². The highest BCUT2D eigenvalue weighted by Gasteiger charge is 2.36. The lowest BCUT2D eigenvalue weighted by molar-refractivity contribution is -0.140. The molecule has 0 bridgehead atoms. The third-order valence-corrected chi connectivity index (χ3v) is 11.4. The smallest absolute Gasteiger partial charge is 0.264 e. The normalized spacial score (nSPS) is 14.3. The molecule has 0 heterocycles. The van der Waals surface area contributed by atoms with Gasteiger partial charge in [-0.1, -0.05) is 125 Å². The van der Waals surface area contributed by atoms with Crippen LogP contribution < -0.4 is 9.62 Å². The highest BCUT2D eigenvalue weighted by atomic mass is 79.9. The minimum atomic E-state index is -4.29. The topological polar surface area (TPSA) is 86.8 Å². The summed E-state index contributed by atoms with van der Waals surface area (Å²) in [5.74, 6) is -0.845. The van der Waals surface area contributed by atoms with Gasteiger partial charge in [-0.3, -0.25) is 13.9 Å². The molecule has 5 rings (SSSR count). The molecule has 1 fully saturated rings. The molecular formula is C36H36BrCl2N3O4S. The van der Waals surface area contributed by atoms with Crippen LogP contribution in [-0.4, -0.2) is 43.8 Å². The number of benzene rings is 4. The van der Waals surface area contributed by atoms with Gasteiger partial charge in [-0.2, -0.15) is 0 Å². The van der Waals surface area contributed by atoms with E-state index in [1.807, 2.05) is 54.6 Å². The van der Waals surface area contributed by atoms with Gasteiger partial charge in [0.15, 0.2) is 0 Å². The van der Waals surface area contributed by atoms with E-state index < -0.39 is 28.5 Å². The van der Waals surface area contributed by atoms with Crippen LogP contribution in [0.4, 0.5) is 5.69 Å². The Bertz CT molecular complexity index is 1790. The maximum absolute atomic E-state index is 14.7. The van der Waals surface area contributed by atoms with Gasteiger partial charge in [0.2, 0.25) is 11.8 Å². The van der Waals surface area contributed by atoms with Gasteiger partial charge in [-0.05, 0) is 60.4 Å². The first kappa shape index (κ1) is 35.0. The Morgan fingerprint density at radius 1 is 0.830 bits per heavy atom. The largest absolute Gasteiger partial charge is 0.352 e. The molecule has 0 unspecified atom stereocenters. The summed E-state index contributed by atoms with van der Waals surface area (Å²) in [6, 6.07) is 28.6. The molecule has 0 saturated heterocycles. The van der Waals surface area contributed by atoms with Crippen molar-refractivity contribution in [3.05, 3.63) is 129 Å². The number of carbonyl (C=O) groups is 2. The highest BCUT2D eigenvalue weighted by molar-refractivity contribution is 9.10. The van der Waals surface area contributed by atoms with Gasteiger partial charge in [0, 0.05) is 23.5 Å². The molecule has 11 heteroatoms. The minimum Gasteiger partial charge on any atom is -0.352 e. The SMILES string of the molecule is O=C(NC1CCCCC1)[C@@H](Cc1ccccc1)N(Cc1cccc(Br)c1)C(=O)CN(c1cccc(Cl)c1Cl)S(=O)(=O)c1ccccc1. The Morgan fingerprint density at radius 2 is 1.47 bits per heavy atom. The molecular weight excluding hydrogens is 721 g/mol. The van der Waals surface area contributed by atoms with Crippen LogP contribution in [0.5, 0.6) is 0 Å². The summed E-state index contributed by atoms with van der Waals surface area (Å²) < 4.78 is 30.2. The Kier molecular flexibility index (Phi) is 12.0. The van der Waals surface area contributed by atoms with E-state index in [1.54, 1.807) is 30.3 Å². The van der Waals surface area contributed by atoms with Crippen molar-refractivity contribution in [2.45, 2.75) is 62.0 Å². The Balaban J connectivity index is 1.58. The number of nitrogens with zero attached hydrogens (tertiary/aromatic N) is 2. The molecule has 1 saturated carbocycles. The second-order valence-corrected chi connectivity index (χ2v) is 15.2. The van der Waals surface area contributed by atoms with Crippen LogP contribution in [0.1, 0.15) is 43.2 Å². The number of anilines is 1. The lowest BCUT2D eigenvalue weighted by Crippen LogP contribution is -2.55. The summed E-state index contributed by atoms with van der Waals surface area (Å²) in [5, 5.41) is 3.36. The standard InChI is InChI=1S/C36H36BrCl2N3O4S/c37-28-15-10-14-27(22-28)24-41(33(23-26-12-4-1-5-13-26)36(44)40-29-16-6-2-7-17-29)34(43)25-42(32-21-11-20-31(38)35(32)39)47(45,46)30-18-8-3-9-19-30/h1,3-5,8-15,18-22,29,33H,2,6-7,16-17,23-25H2,(H,40,44)/t33-/m1/s1. The molecule has 1 N–H and O–H groups in total. The molecule has 0 aliphatic heterocycles. The molecule has 1 aliphatic carbocycles. The fourth-order valence-electron chi connectivity index (χ4n) is 5.85. The molecule has 47 heavy (non-hydrogen) atoms. The third kappa shape index (κ3) is 8.96. The molecule has 4 aromatic rings.